The van der Waals surface area contributed by atoms with E-state index in [0.29, 0.717) is 39.8 Å². The molecule has 172 valence electrons. The third kappa shape index (κ3) is 4.58. The zero-order valence-electron chi connectivity index (χ0n) is 18.2. The van der Waals surface area contributed by atoms with Crippen LogP contribution in [0.4, 0.5) is 17.1 Å². The first-order valence-electron chi connectivity index (χ1n) is 10.9. The molecule has 1 N–H and O–H groups in total. The van der Waals surface area contributed by atoms with Crippen molar-refractivity contribution < 1.29 is 14.1 Å². The molecule has 2 heterocycles. The fourth-order valence-corrected chi connectivity index (χ4v) is 4.28. The molecule has 9 heteroatoms. The van der Waals surface area contributed by atoms with Crippen LogP contribution >= 0.6 is 11.6 Å². The average Bonchev–Trinajstić information content (AvgIpc) is 3.49. The third-order valence-electron chi connectivity index (χ3n) is 5.84. The summed E-state index contributed by atoms with van der Waals surface area (Å²) in [6.07, 6.45) is 2.57. The lowest BCUT2D eigenvalue weighted by Gasteiger charge is -2.20. The molecule has 0 saturated carbocycles. The van der Waals surface area contributed by atoms with Crippen LogP contribution in [0.15, 0.2) is 65.1 Å². The van der Waals surface area contributed by atoms with Crippen LogP contribution in [0.1, 0.15) is 34.7 Å². The first-order chi connectivity index (χ1) is 16.5. The van der Waals surface area contributed by atoms with Crippen LogP contribution < -0.4 is 10.2 Å². The Hall–Kier alpha value is -3.91. The highest BCUT2D eigenvalue weighted by molar-refractivity contribution is 6.30. The number of anilines is 2. The molecule has 1 aromatic heterocycles. The van der Waals surface area contributed by atoms with E-state index in [4.69, 9.17) is 16.0 Å². The summed E-state index contributed by atoms with van der Waals surface area (Å²) in [5.74, 6) is 0.144. The van der Waals surface area contributed by atoms with E-state index < -0.39 is 10.8 Å². The summed E-state index contributed by atoms with van der Waals surface area (Å²) in [4.78, 5) is 30.6. The Bertz CT molecular complexity index is 1380. The highest BCUT2D eigenvalue weighted by atomic mass is 35.5. The molecule has 1 aliphatic rings. The van der Waals surface area contributed by atoms with Gasteiger partial charge in [-0.25, -0.2) is 4.98 Å². The van der Waals surface area contributed by atoms with Crippen molar-refractivity contribution in [1.29, 1.82) is 0 Å². The number of non-ortho nitro benzene ring substituents is 1. The Balaban J connectivity index is 1.39. The van der Waals surface area contributed by atoms with Crippen LogP contribution in [0.25, 0.3) is 11.1 Å². The standard InChI is InChI=1S/C25H21ClN4O4/c26-17-5-3-16(4-6-17)13-24-28-21-14-18(7-10-23(21)34-24)27-25(31)20-15-19(30(32)33)8-9-22(20)29-11-1-2-12-29/h3-10,14-15H,1-2,11-13H2,(H,27,31). The lowest BCUT2D eigenvalue weighted by atomic mass is 10.1. The minimum Gasteiger partial charge on any atom is -0.440 e. The van der Waals surface area contributed by atoms with Gasteiger partial charge >= 0.3 is 0 Å². The van der Waals surface area contributed by atoms with Crippen molar-refractivity contribution in [1.82, 2.24) is 4.98 Å². The largest absolute Gasteiger partial charge is 0.440 e. The van der Waals surface area contributed by atoms with E-state index in [1.54, 1.807) is 24.3 Å². The molecular weight excluding hydrogens is 456 g/mol. The third-order valence-corrected chi connectivity index (χ3v) is 6.09. The van der Waals surface area contributed by atoms with Crippen LogP contribution in [0.5, 0.6) is 0 Å². The molecule has 1 amide bonds. The average molecular weight is 477 g/mol. The number of nitro benzene ring substituents is 1. The molecule has 0 atom stereocenters. The number of nitrogens with one attached hydrogen (secondary N) is 1. The zero-order valence-corrected chi connectivity index (χ0v) is 18.9. The summed E-state index contributed by atoms with van der Waals surface area (Å²) < 4.78 is 5.84. The number of nitro groups is 1. The predicted octanol–water partition coefficient (Wildman–Crippen LogP) is 5.83. The Morgan fingerprint density at radius 1 is 1.09 bits per heavy atom. The number of oxazole rings is 1. The van der Waals surface area contributed by atoms with Gasteiger partial charge < -0.3 is 14.6 Å². The van der Waals surface area contributed by atoms with E-state index in [-0.39, 0.29) is 11.3 Å². The number of hydrogen-bond acceptors (Lipinski definition) is 6. The van der Waals surface area contributed by atoms with Gasteiger partial charge in [-0.1, -0.05) is 23.7 Å². The predicted molar refractivity (Wildman–Crippen MR) is 131 cm³/mol. The van der Waals surface area contributed by atoms with Gasteiger partial charge in [0.25, 0.3) is 11.6 Å². The SMILES string of the molecule is O=C(Nc1ccc2oc(Cc3ccc(Cl)cc3)nc2c1)c1cc([N+](=O)[O-])ccc1N1CCCC1. The van der Waals surface area contributed by atoms with Gasteiger partial charge in [-0.15, -0.1) is 0 Å². The summed E-state index contributed by atoms with van der Waals surface area (Å²) in [5, 5.41) is 14.8. The van der Waals surface area contributed by atoms with Crippen molar-refractivity contribution in [3.63, 3.8) is 0 Å². The molecule has 34 heavy (non-hydrogen) atoms. The minimum absolute atomic E-state index is 0.119. The van der Waals surface area contributed by atoms with E-state index in [1.807, 2.05) is 24.3 Å². The van der Waals surface area contributed by atoms with Crippen LogP contribution in [0.2, 0.25) is 5.02 Å². The van der Waals surface area contributed by atoms with Crippen molar-refractivity contribution in [2.45, 2.75) is 19.3 Å². The number of amides is 1. The molecule has 8 nitrogen and oxygen atoms in total. The number of carbonyl (C=O) groups excluding carboxylic acids is 1. The topological polar surface area (TPSA) is 102 Å². The fourth-order valence-electron chi connectivity index (χ4n) is 4.16. The fraction of sp³-hybridized carbons (Fsp3) is 0.200. The monoisotopic (exact) mass is 476 g/mol. The van der Waals surface area contributed by atoms with Crippen molar-refractivity contribution >= 4 is 45.7 Å². The summed E-state index contributed by atoms with van der Waals surface area (Å²) in [7, 11) is 0. The van der Waals surface area contributed by atoms with Gasteiger partial charge in [-0.3, -0.25) is 14.9 Å². The molecule has 0 unspecified atom stereocenters. The molecule has 1 fully saturated rings. The smallest absolute Gasteiger partial charge is 0.270 e. The Morgan fingerprint density at radius 3 is 2.59 bits per heavy atom. The van der Waals surface area contributed by atoms with Crippen LogP contribution in [0.3, 0.4) is 0 Å². The molecule has 3 aromatic carbocycles. The Labute approximate surface area is 200 Å². The highest BCUT2D eigenvalue weighted by Crippen LogP contribution is 2.30. The summed E-state index contributed by atoms with van der Waals surface area (Å²) in [6, 6.07) is 17.1. The van der Waals surface area contributed by atoms with Gasteiger partial charge in [0.2, 0.25) is 0 Å². The maximum Gasteiger partial charge on any atom is 0.270 e. The van der Waals surface area contributed by atoms with Gasteiger partial charge in [0.1, 0.15) is 5.52 Å². The number of halogens is 1. The van der Waals surface area contributed by atoms with Crippen LogP contribution in [-0.2, 0) is 6.42 Å². The van der Waals surface area contributed by atoms with Crippen molar-refractivity contribution in [3.8, 4) is 0 Å². The lowest BCUT2D eigenvalue weighted by molar-refractivity contribution is -0.384. The molecule has 0 aliphatic carbocycles. The molecule has 0 bridgehead atoms. The first-order valence-corrected chi connectivity index (χ1v) is 11.3. The molecule has 0 spiro atoms. The van der Waals surface area contributed by atoms with Gasteiger partial charge in [0.05, 0.1) is 16.2 Å². The van der Waals surface area contributed by atoms with Crippen molar-refractivity contribution in [3.05, 3.63) is 92.8 Å². The van der Waals surface area contributed by atoms with E-state index in [9.17, 15) is 14.9 Å². The molecule has 0 radical (unpaired) electrons. The van der Waals surface area contributed by atoms with Crippen LogP contribution in [0, 0.1) is 10.1 Å². The summed E-state index contributed by atoms with van der Waals surface area (Å²) >= 11 is 5.94. The summed E-state index contributed by atoms with van der Waals surface area (Å²) in [5.41, 5.74) is 3.63. The number of fused-ring (bicyclic) bond motifs is 1. The molecule has 5 rings (SSSR count). The minimum atomic E-state index is -0.492. The molecule has 4 aromatic rings. The quantitative estimate of drug-likeness (QED) is 0.277. The van der Waals surface area contributed by atoms with Crippen molar-refractivity contribution in [2.75, 3.05) is 23.3 Å². The van der Waals surface area contributed by atoms with Gasteiger partial charge in [0, 0.05) is 42.4 Å². The normalized spacial score (nSPS) is 13.4. The first kappa shape index (κ1) is 21.9. The van der Waals surface area contributed by atoms with E-state index >= 15 is 0 Å². The lowest BCUT2D eigenvalue weighted by Crippen LogP contribution is -2.23. The number of carbonyl (C=O) groups is 1. The number of rotatable bonds is 6. The maximum absolute atomic E-state index is 13.2. The highest BCUT2D eigenvalue weighted by Gasteiger charge is 2.23. The Morgan fingerprint density at radius 2 is 1.85 bits per heavy atom. The van der Waals surface area contributed by atoms with Crippen LogP contribution in [-0.4, -0.2) is 28.9 Å². The summed E-state index contributed by atoms with van der Waals surface area (Å²) in [6.45, 7) is 1.64. The second-order valence-corrected chi connectivity index (χ2v) is 8.64. The second kappa shape index (κ2) is 9.15. The Kier molecular flexibility index (Phi) is 5.90. The maximum atomic E-state index is 13.2. The van der Waals surface area contributed by atoms with E-state index in [0.717, 1.165) is 31.5 Å². The second-order valence-electron chi connectivity index (χ2n) is 8.20. The van der Waals surface area contributed by atoms with Crippen molar-refractivity contribution in [2.24, 2.45) is 0 Å². The van der Waals surface area contributed by atoms with E-state index in [1.165, 1.54) is 12.1 Å². The number of hydrogen-bond donors (Lipinski definition) is 1. The zero-order chi connectivity index (χ0) is 23.7. The number of nitrogens with zero attached hydrogens (tertiary/aromatic N) is 3. The molecule has 1 saturated heterocycles. The van der Waals surface area contributed by atoms with Gasteiger partial charge in [-0.2, -0.15) is 0 Å². The number of benzene rings is 3. The van der Waals surface area contributed by atoms with E-state index in [2.05, 4.69) is 15.2 Å². The van der Waals surface area contributed by atoms with Gasteiger partial charge in [-0.05, 0) is 54.8 Å². The molecule has 1 aliphatic heterocycles. The number of aromatic nitrogens is 1. The van der Waals surface area contributed by atoms with Gasteiger partial charge in [0.15, 0.2) is 11.5 Å². The molecular formula is C25H21ClN4O4.